The SMILES string of the molecule is CCCN(CC(=O)Nc1ccccc1OC)S(=O)(=O)N1CCN(C(=O)OCC)CC1. The molecule has 0 atom stereocenters. The molecule has 0 radical (unpaired) electrons. The van der Waals surface area contributed by atoms with Crippen LogP contribution in [0.15, 0.2) is 24.3 Å². The fraction of sp³-hybridized carbons (Fsp3) is 0.579. The zero-order valence-corrected chi connectivity index (χ0v) is 18.5. The van der Waals surface area contributed by atoms with Gasteiger partial charge in [-0.1, -0.05) is 19.1 Å². The van der Waals surface area contributed by atoms with E-state index in [2.05, 4.69) is 5.32 Å². The number of carbonyl (C=O) groups excluding carboxylic acids is 2. The van der Waals surface area contributed by atoms with E-state index in [4.69, 9.17) is 9.47 Å². The van der Waals surface area contributed by atoms with E-state index in [0.29, 0.717) is 17.9 Å². The first-order valence-corrected chi connectivity index (χ1v) is 11.3. The van der Waals surface area contributed by atoms with E-state index in [1.807, 2.05) is 6.92 Å². The average Bonchev–Trinajstić information content (AvgIpc) is 2.74. The molecule has 2 rings (SSSR count). The number of piperazine rings is 1. The van der Waals surface area contributed by atoms with Gasteiger partial charge in [0.1, 0.15) is 5.75 Å². The van der Waals surface area contributed by atoms with Crippen LogP contribution in [0.3, 0.4) is 0 Å². The Bertz CT molecular complexity index is 824. The smallest absolute Gasteiger partial charge is 0.409 e. The normalized spacial score (nSPS) is 15.1. The van der Waals surface area contributed by atoms with Gasteiger partial charge in [0.05, 0.1) is 25.9 Å². The van der Waals surface area contributed by atoms with Crippen molar-refractivity contribution >= 4 is 27.9 Å². The van der Waals surface area contributed by atoms with Crippen molar-refractivity contribution in [3.63, 3.8) is 0 Å². The third kappa shape index (κ3) is 6.07. The molecule has 11 heteroatoms. The highest BCUT2D eigenvalue weighted by atomic mass is 32.2. The number of hydrogen-bond acceptors (Lipinski definition) is 6. The molecule has 10 nitrogen and oxygen atoms in total. The van der Waals surface area contributed by atoms with Crippen LogP contribution < -0.4 is 10.1 Å². The summed E-state index contributed by atoms with van der Waals surface area (Å²) in [4.78, 5) is 25.9. The monoisotopic (exact) mass is 442 g/mol. The van der Waals surface area contributed by atoms with Gasteiger partial charge in [0.2, 0.25) is 5.91 Å². The minimum absolute atomic E-state index is 0.148. The highest BCUT2D eigenvalue weighted by molar-refractivity contribution is 7.86. The van der Waals surface area contributed by atoms with Gasteiger partial charge in [-0.3, -0.25) is 4.79 Å². The van der Waals surface area contributed by atoms with Crippen LogP contribution in [0.5, 0.6) is 5.75 Å². The van der Waals surface area contributed by atoms with Crippen molar-refractivity contribution < 1.29 is 27.5 Å². The molecule has 168 valence electrons. The van der Waals surface area contributed by atoms with Crippen molar-refractivity contribution in [2.45, 2.75) is 20.3 Å². The molecule has 1 heterocycles. The molecular formula is C19H30N4O6S. The second-order valence-electron chi connectivity index (χ2n) is 6.67. The molecule has 30 heavy (non-hydrogen) atoms. The lowest BCUT2D eigenvalue weighted by Crippen LogP contribution is -2.55. The molecule has 1 saturated heterocycles. The maximum atomic E-state index is 13.1. The lowest BCUT2D eigenvalue weighted by molar-refractivity contribution is -0.116. The third-order valence-electron chi connectivity index (χ3n) is 4.59. The lowest BCUT2D eigenvalue weighted by atomic mass is 10.3. The quantitative estimate of drug-likeness (QED) is 0.619. The van der Waals surface area contributed by atoms with Gasteiger partial charge in [0.25, 0.3) is 10.2 Å². The molecule has 1 N–H and O–H groups in total. The van der Waals surface area contributed by atoms with Gasteiger partial charge >= 0.3 is 6.09 Å². The van der Waals surface area contributed by atoms with E-state index in [-0.39, 0.29) is 45.9 Å². The third-order valence-corrected chi connectivity index (χ3v) is 6.57. The first-order valence-electron chi connectivity index (χ1n) is 9.93. The zero-order chi connectivity index (χ0) is 22.1. The van der Waals surface area contributed by atoms with Crippen LogP contribution >= 0.6 is 0 Å². The molecule has 0 aliphatic carbocycles. The Kier molecular flexibility index (Phi) is 8.88. The van der Waals surface area contributed by atoms with E-state index in [1.54, 1.807) is 31.2 Å². The Labute approximate surface area is 177 Å². The van der Waals surface area contributed by atoms with Crippen LogP contribution in [0, 0.1) is 0 Å². The van der Waals surface area contributed by atoms with Crippen molar-refractivity contribution in [3.05, 3.63) is 24.3 Å². The molecule has 1 aromatic carbocycles. The predicted octanol–water partition coefficient (Wildman–Crippen LogP) is 1.36. The molecule has 1 aliphatic rings. The molecule has 1 aromatic rings. The van der Waals surface area contributed by atoms with Crippen molar-refractivity contribution in [1.29, 1.82) is 0 Å². The van der Waals surface area contributed by atoms with Crippen LogP contribution in [0.25, 0.3) is 0 Å². The maximum absolute atomic E-state index is 13.1. The molecule has 1 fully saturated rings. The number of ether oxygens (including phenoxy) is 2. The van der Waals surface area contributed by atoms with Crippen molar-refractivity contribution in [1.82, 2.24) is 13.5 Å². The average molecular weight is 443 g/mol. The first kappa shape index (κ1) is 23.9. The maximum Gasteiger partial charge on any atom is 0.409 e. The van der Waals surface area contributed by atoms with Gasteiger partial charge in [0.15, 0.2) is 0 Å². The minimum atomic E-state index is -3.85. The molecule has 0 unspecified atom stereocenters. The number of methoxy groups -OCH3 is 1. The van der Waals surface area contributed by atoms with E-state index in [9.17, 15) is 18.0 Å². The molecule has 2 amide bonds. The molecule has 0 spiro atoms. The highest BCUT2D eigenvalue weighted by Gasteiger charge is 2.34. The highest BCUT2D eigenvalue weighted by Crippen LogP contribution is 2.23. The van der Waals surface area contributed by atoms with Crippen LogP contribution in [-0.4, -0.2) is 86.9 Å². The molecule has 1 aliphatic heterocycles. The number of nitrogens with zero attached hydrogens (tertiary/aromatic N) is 3. The van der Waals surface area contributed by atoms with Crippen LogP contribution in [0.2, 0.25) is 0 Å². The Morgan fingerprint density at radius 3 is 2.40 bits per heavy atom. The van der Waals surface area contributed by atoms with Crippen LogP contribution in [0.1, 0.15) is 20.3 Å². The van der Waals surface area contributed by atoms with E-state index >= 15 is 0 Å². The largest absolute Gasteiger partial charge is 0.495 e. The summed E-state index contributed by atoms with van der Waals surface area (Å²) in [5, 5.41) is 2.70. The summed E-state index contributed by atoms with van der Waals surface area (Å²) in [6, 6.07) is 6.92. The van der Waals surface area contributed by atoms with Crippen LogP contribution in [0.4, 0.5) is 10.5 Å². The van der Waals surface area contributed by atoms with Crippen molar-refractivity contribution in [2.24, 2.45) is 0 Å². The summed E-state index contributed by atoms with van der Waals surface area (Å²) in [5.74, 6) is 0.0347. The number of nitrogens with one attached hydrogen (secondary N) is 1. The van der Waals surface area contributed by atoms with Gasteiger partial charge in [-0.25, -0.2) is 4.79 Å². The van der Waals surface area contributed by atoms with Crippen molar-refractivity contribution in [2.75, 3.05) is 58.3 Å². The summed E-state index contributed by atoms with van der Waals surface area (Å²) < 4.78 is 38.8. The molecule has 0 aromatic heterocycles. The van der Waals surface area contributed by atoms with Gasteiger partial charge in [-0.15, -0.1) is 0 Å². The van der Waals surface area contributed by atoms with E-state index in [0.717, 1.165) is 4.31 Å². The van der Waals surface area contributed by atoms with Gasteiger partial charge < -0.3 is 19.7 Å². The van der Waals surface area contributed by atoms with Crippen LogP contribution in [-0.2, 0) is 19.7 Å². The molecule has 0 saturated carbocycles. The fourth-order valence-electron chi connectivity index (χ4n) is 3.10. The predicted molar refractivity (Wildman–Crippen MR) is 113 cm³/mol. The van der Waals surface area contributed by atoms with Gasteiger partial charge in [-0.2, -0.15) is 17.0 Å². The second-order valence-corrected chi connectivity index (χ2v) is 8.60. The first-order chi connectivity index (χ1) is 14.3. The summed E-state index contributed by atoms with van der Waals surface area (Å²) in [7, 11) is -2.36. The number of benzene rings is 1. The standard InChI is InChI=1S/C19H30N4O6S/c1-4-10-23(15-18(24)20-16-8-6-7-9-17(16)28-3)30(26,27)22-13-11-21(12-14-22)19(25)29-5-2/h6-9H,4-5,10-15H2,1-3H3,(H,20,24). The summed E-state index contributed by atoms with van der Waals surface area (Å²) >= 11 is 0. The summed E-state index contributed by atoms with van der Waals surface area (Å²) in [5.41, 5.74) is 0.474. The van der Waals surface area contributed by atoms with E-state index < -0.39 is 22.2 Å². The number of para-hydroxylation sites is 2. The number of rotatable bonds is 9. The van der Waals surface area contributed by atoms with E-state index in [1.165, 1.54) is 16.3 Å². The zero-order valence-electron chi connectivity index (χ0n) is 17.7. The minimum Gasteiger partial charge on any atom is -0.495 e. The Hall–Kier alpha value is -2.37. The number of anilines is 1. The Morgan fingerprint density at radius 2 is 1.80 bits per heavy atom. The van der Waals surface area contributed by atoms with Gasteiger partial charge in [-0.05, 0) is 25.5 Å². The topological polar surface area (TPSA) is 108 Å². The molecular weight excluding hydrogens is 412 g/mol. The molecule has 0 bridgehead atoms. The summed E-state index contributed by atoms with van der Waals surface area (Å²) in [6.07, 6.45) is 0.111. The second kappa shape index (κ2) is 11.1. The number of carbonyl (C=O) groups is 2. The number of hydrogen-bond donors (Lipinski definition) is 1. The summed E-state index contributed by atoms with van der Waals surface area (Å²) in [6.45, 7) is 4.51. The lowest BCUT2D eigenvalue weighted by Gasteiger charge is -2.36. The fourth-order valence-corrected chi connectivity index (χ4v) is 4.75. The Balaban J connectivity index is 2.03. The Morgan fingerprint density at radius 1 is 1.13 bits per heavy atom. The number of amides is 2. The van der Waals surface area contributed by atoms with Gasteiger partial charge in [0, 0.05) is 32.7 Å². The van der Waals surface area contributed by atoms with Crippen molar-refractivity contribution in [3.8, 4) is 5.75 Å².